The summed E-state index contributed by atoms with van der Waals surface area (Å²) in [5.74, 6) is 4.59. The lowest BCUT2D eigenvalue weighted by molar-refractivity contribution is 0.304. The number of nitrogens with zero attached hydrogens (tertiary/aromatic N) is 2. The molecule has 1 rings (SSSR count). The molecule has 19 heavy (non-hydrogen) atoms. The van der Waals surface area contributed by atoms with Crippen LogP contribution in [0.1, 0.15) is 40.4 Å². The average molecular weight is 264 g/mol. The van der Waals surface area contributed by atoms with E-state index in [4.69, 9.17) is 0 Å². The SMILES string of the molecule is CCNc1cc(NCC(C(C)C)C(C)C)nc(C)n1. The molecule has 1 aromatic heterocycles. The van der Waals surface area contributed by atoms with Crippen LogP contribution in [0.5, 0.6) is 0 Å². The van der Waals surface area contributed by atoms with E-state index in [1.165, 1.54) is 0 Å². The summed E-state index contributed by atoms with van der Waals surface area (Å²) >= 11 is 0. The summed E-state index contributed by atoms with van der Waals surface area (Å²) in [6.45, 7) is 14.9. The lowest BCUT2D eigenvalue weighted by Crippen LogP contribution is -2.25. The van der Waals surface area contributed by atoms with Crippen molar-refractivity contribution in [3.8, 4) is 0 Å². The molecule has 108 valence electrons. The first-order chi connectivity index (χ1) is 8.93. The van der Waals surface area contributed by atoms with Gasteiger partial charge in [0.15, 0.2) is 0 Å². The molecule has 0 saturated carbocycles. The summed E-state index contributed by atoms with van der Waals surface area (Å²) < 4.78 is 0. The fourth-order valence-corrected chi connectivity index (χ4v) is 2.39. The third-order valence-corrected chi connectivity index (χ3v) is 3.43. The molecule has 4 nitrogen and oxygen atoms in total. The summed E-state index contributed by atoms with van der Waals surface area (Å²) in [4.78, 5) is 8.80. The van der Waals surface area contributed by atoms with Gasteiger partial charge in [-0.2, -0.15) is 0 Å². The molecular weight excluding hydrogens is 236 g/mol. The molecule has 4 heteroatoms. The quantitative estimate of drug-likeness (QED) is 0.790. The van der Waals surface area contributed by atoms with Crippen molar-refractivity contribution in [3.63, 3.8) is 0 Å². The number of rotatable bonds is 7. The van der Waals surface area contributed by atoms with Gasteiger partial charge in [-0.1, -0.05) is 27.7 Å². The number of aromatic nitrogens is 2. The number of aryl methyl sites for hydroxylation is 1. The first-order valence-corrected chi connectivity index (χ1v) is 7.27. The summed E-state index contributed by atoms with van der Waals surface area (Å²) in [6.07, 6.45) is 0. The molecule has 0 bridgehead atoms. The van der Waals surface area contributed by atoms with Crippen molar-refractivity contribution >= 4 is 11.6 Å². The molecule has 0 aliphatic carbocycles. The van der Waals surface area contributed by atoms with Crippen molar-refractivity contribution in [2.45, 2.75) is 41.5 Å². The normalized spacial score (nSPS) is 11.4. The van der Waals surface area contributed by atoms with Crippen molar-refractivity contribution in [2.24, 2.45) is 17.8 Å². The van der Waals surface area contributed by atoms with E-state index in [-0.39, 0.29) is 0 Å². The molecule has 1 aromatic rings. The van der Waals surface area contributed by atoms with Crippen molar-refractivity contribution < 1.29 is 0 Å². The van der Waals surface area contributed by atoms with E-state index in [1.807, 2.05) is 13.0 Å². The van der Waals surface area contributed by atoms with Crippen molar-refractivity contribution in [3.05, 3.63) is 11.9 Å². The van der Waals surface area contributed by atoms with Crippen LogP contribution in [-0.4, -0.2) is 23.1 Å². The molecule has 1 heterocycles. The molecular formula is C15H28N4. The Morgan fingerprint density at radius 3 is 2.00 bits per heavy atom. The zero-order chi connectivity index (χ0) is 14.4. The predicted molar refractivity (Wildman–Crippen MR) is 82.6 cm³/mol. The van der Waals surface area contributed by atoms with Crippen LogP contribution in [0.15, 0.2) is 6.07 Å². The predicted octanol–water partition coefficient (Wildman–Crippen LogP) is 3.56. The van der Waals surface area contributed by atoms with Crippen LogP contribution < -0.4 is 10.6 Å². The number of hydrogen-bond acceptors (Lipinski definition) is 4. The minimum Gasteiger partial charge on any atom is -0.370 e. The van der Waals surface area contributed by atoms with Gasteiger partial charge in [-0.3, -0.25) is 0 Å². The maximum Gasteiger partial charge on any atom is 0.131 e. The standard InChI is InChI=1S/C15H28N4/c1-7-16-14-8-15(19-12(6)18-14)17-9-13(10(2)3)11(4)5/h8,10-11,13H,7,9H2,1-6H3,(H2,16,17,18,19). The molecule has 0 spiro atoms. The Bertz CT molecular complexity index is 380. The van der Waals surface area contributed by atoms with E-state index in [9.17, 15) is 0 Å². The molecule has 0 aliphatic rings. The van der Waals surface area contributed by atoms with Crippen molar-refractivity contribution in [1.29, 1.82) is 0 Å². The maximum atomic E-state index is 4.44. The van der Waals surface area contributed by atoms with Gasteiger partial charge >= 0.3 is 0 Å². The van der Waals surface area contributed by atoms with Crippen LogP contribution in [0.2, 0.25) is 0 Å². The number of anilines is 2. The van der Waals surface area contributed by atoms with Crippen molar-refractivity contribution in [2.75, 3.05) is 23.7 Å². The van der Waals surface area contributed by atoms with Crippen LogP contribution in [0, 0.1) is 24.7 Å². The summed E-state index contributed by atoms with van der Waals surface area (Å²) in [5, 5.41) is 6.69. The Balaban J connectivity index is 2.71. The van der Waals surface area contributed by atoms with E-state index in [0.29, 0.717) is 17.8 Å². The van der Waals surface area contributed by atoms with Gasteiger partial charge in [0.05, 0.1) is 0 Å². The highest BCUT2D eigenvalue weighted by Crippen LogP contribution is 2.21. The fraction of sp³-hybridized carbons (Fsp3) is 0.733. The second kappa shape index (κ2) is 7.31. The highest BCUT2D eigenvalue weighted by Gasteiger charge is 2.17. The molecule has 0 saturated heterocycles. The van der Waals surface area contributed by atoms with Crippen molar-refractivity contribution in [1.82, 2.24) is 9.97 Å². The number of hydrogen-bond donors (Lipinski definition) is 2. The molecule has 0 fully saturated rings. The van der Waals surface area contributed by atoms with E-state index in [1.54, 1.807) is 0 Å². The van der Waals surface area contributed by atoms with Crippen LogP contribution in [0.25, 0.3) is 0 Å². The van der Waals surface area contributed by atoms with Gasteiger partial charge in [-0.15, -0.1) is 0 Å². The van der Waals surface area contributed by atoms with Gasteiger partial charge in [-0.05, 0) is 31.6 Å². The maximum absolute atomic E-state index is 4.44. The van der Waals surface area contributed by atoms with Crippen LogP contribution in [0.4, 0.5) is 11.6 Å². The Kier molecular flexibility index (Phi) is 6.06. The van der Waals surface area contributed by atoms with Gasteiger partial charge in [0.25, 0.3) is 0 Å². The summed E-state index contributed by atoms with van der Waals surface area (Å²) in [6, 6.07) is 1.98. The molecule has 0 aromatic carbocycles. The van der Waals surface area contributed by atoms with E-state index in [0.717, 1.165) is 30.5 Å². The first-order valence-electron chi connectivity index (χ1n) is 7.27. The van der Waals surface area contributed by atoms with Crippen LogP contribution >= 0.6 is 0 Å². The molecule has 0 atom stereocenters. The lowest BCUT2D eigenvalue weighted by atomic mass is 9.85. The lowest BCUT2D eigenvalue weighted by Gasteiger charge is -2.25. The van der Waals surface area contributed by atoms with E-state index in [2.05, 4.69) is 55.2 Å². The van der Waals surface area contributed by atoms with E-state index >= 15 is 0 Å². The van der Waals surface area contributed by atoms with Gasteiger partial charge in [-0.25, -0.2) is 9.97 Å². The minimum absolute atomic E-state index is 0.651. The third-order valence-electron chi connectivity index (χ3n) is 3.43. The topological polar surface area (TPSA) is 49.8 Å². The van der Waals surface area contributed by atoms with Gasteiger partial charge in [0.1, 0.15) is 17.5 Å². The third kappa shape index (κ3) is 5.05. The molecule has 2 N–H and O–H groups in total. The van der Waals surface area contributed by atoms with Crippen LogP contribution in [0.3, 0.4) is 0 Å². The molecule has 0 unspecified atom stereocenters. The summed E-state index contributed by atoms with van der Waals surface area (Å²) in [7, 11) is 0. The second-order valence-corrected chi connectivity index (χ2v) is 5.75. The summed E-state index contributed by atoms with van der Waals surface area (Å²) in [5.41, 5.74) is 0. The van der Waals surface area contributed by atoms with Crippen LogP contribution in [-0.2, 0) is 0 Å². The zero-order valence-electron chi connectivity index (χ0n) is 13.1. The molecule has 0 amide bonds. The average Bonchev–Trinajstić information content (AvgIpc) is 2.27. The Morgan fingerprint density at radius 2 is 1.53 bits per heavy atom. The number of nitrogens with one attached hydrogen (secondary N) is 2. The molecule has 0 aliphatic heterocycles. The Labute approximate surface area is 117 Å². The second-order valence-electron chi connectivity index (χ2n) is 5.75. The smallest absolute Gasteiger partial charge is 0.131 e. The van der Waals surface area contributed by atoms with Gasteiger partial charge < -0.3 is 10.6 Å². The van der Waals surface area contributed by atoms with E-state index < -0.39 is 0 Å². The fourth-order valence-electron chi connectivity index (χ4n) is 2.39. The Morgan fingerprint density at radius 1 is 1.00 bits per heavy atom. The zero-order valence-corrected chi connectivity index (χ0v) is 13.1. The molecule has 0 radical (unpaired) electrons. The monoisotopic (exact) mass is 264 g/mol. The highest BCUT2D eigenvalue weighted by atomic mass is 15.1. The highest BCUT2D eigenvalue weighted by molar-refractivity contribution is 5.47. The minimum atomic E-state index is 0.651. The Hall–Kier alpha value is -1.32. The van der Waals surface area contributed by atoms with Gasteiger partial charge in [0.2, 0.25) is 0 Å². The van der Waals surface area contributed by atoms with Gasteiger partial charge in [0, 0.05) is 19.2 Å². The largest absolute Gasteiger partial charge is 0.370 e. The first kappa shape index (κ1) is 15.7.